The van der Waals surface area contributed by atoms with E-state index in [1.807, 2.05) is 0 Å². The first-order chi connectivity index (χ1) is 4.18. The molecule has 0 fully saturated rings. The van der Waals surface area contributed by atoms with Gasteiger partial charge in [-0.1, -0.05) is 19.8 Å². The lowest BCUT2D eigenvalue weighted by atomic mass is 10.1. The average molecular weight is 130 g/mol. The number of hydrogen-bond donors (Lipinski definition) is 2. The minimum atomic E-state index is -0.107. The summed E-state index contributed by atoms with van der Waals surface area (Å²) < 4.78 is 0. The van der Waals surface area contributed by atoms with Crippen LogP contribution in [0.5, 0.6) is 0 Å². The van der Waals surface area contributed by atoms with Gasteiger partial charge in [0, 0.05) is 6.04 Å². The van der Waals surface area contributed by atoms with Crippen molar-refractivity contribution >= 4 is 0 Å². The molecular formula is C7H16NO. The smallest absolute Gasteiger partial charge is 0.107 e. The fourth-order valence-electron chi connectivity index (χ4n) is 0.633. The van der Waals surface area contributed by atoms with Crippen LogP contribution in [0.25, 0.3) is 0 Å². The number of aliphatic hydroxyl groups is 1. The van der Waals surface area contributed by atoms with E-state index in [1.54, 1.807) is 6.92 Å². The largest absolute Gasteiger partial charge is 0.385 e. The van der Waals surface area contributed by atoms with Crippen LogP contribution >= 0.6 is 0 Å². The normalized spacial score (nSPS) is 14.3. The van der Waals surface area contributed by atoms with Gasteiger partial charge in [0.15, 0.2) is 0 Å². The number of unbranched alkanes of at least 4 members (excludes halogenated alkanes) is 1. The molecule has 2 heteroatoms. The summed E-state index contributed by atoms with van der Waals surface area (Å²) in [5.41, 5.74) is 5.52. The van der Waals surface area contributed by atoms with Gasteiger partial charge in [0.25, 0.3) is 0 Å². The minimum Gasteiger partial charge on any atom is -0.385 e. The Labute approximate surface area is 57.1 Å². The Morgan fingerprint density at radius 3 is 2.56 bits per heavy atom. The molecule has 2 nitrogen and oxygen atoms in total. The summed E-state index contributed by atoms with van der Waals surface area (Å²) >= 11 is 0. The molecule has 0 aliphatic heterocycles. The Hall–Kier alpha value is -0.0800. The first kappa shape index (κ1) is 8.92. The number of rotatable bonds is 4. The van der Waals surface area contributed by atoms with Crippen LogP contribution in [0.2, 0.25) is 0 Å². The zero-order chi connectivity index (χ0) is 7.28. The Bertz CT molecular complexity index is 63.9. The summed E-state index contributed by atoms with van der Waals surface area (Å²) in [6, 6.07) is -0.107. The van der Waals surface area contributed by atoms with E-state index < -0.39 is 0 Å². The van der Waals surface area contributed by atoms with Crippen molar-refractivity contribution in [3.05, 3.63) is 6.10 Å². The van der Waals surface area contributed by atoms with Crippen LogP contribution in [0, 0.1) is 6.10 Å². The van der Waals surface area contributed by atoms with Crippen LogP contribution < -0.4 is 5.73 Å². The van der Waals surface area contributed by atoms with E-state index in [4.69, 9.17) is 10.8 Å². The molecular weight excluding hydrogens is 114 g/mol. The van der Waals surface area contributed by atoms with Gasteiger partial charge in [0.05, 0.1) is 0 Å². The fraction of sp³-hybridized carbons (Fsp3) is 0.857. The highest BCUT2D eigenvalue weighted by atomic mass is 16.3. The maximum absolute atomic E-state index is 8.84. The molecule has 0 aliphatic carbocycles. The molecule has 0 bridgehead atoms. The van der Waals surface area contributed by atoms with Gasteiger partial charge in [-0.3, -0.25) is 0 Å². The van der Waals surface area contributed by atoms with Crippen molar-refractivity contribution in [1.82, 2.24) is 0 Å². The van der Waals surface area contributed by atoms with Crippen LogP contribution in [0.4, 0.5) is 0 Å². The topological polar surface area (TPSA) is 46.2 Å². The first-order valence-corrected chi connectivity index (χ1v) is 3.46. The average Bonchev–Trinajstić information content (AvgIpc) is 1.82. The lowest BCUT2D eigenvalue weighted by molar-refractivity contribution is 0.267. The summed E-state index contributed by atoms with van der Waals surface area (Å²) in [5, 5.41) is 8.84. The molecule has 0 aromatic rings. The van der Waals surface area contributed by atoms with Gasteiger partial charge in [0.2, 0.25) is 0 Å². The monoisotopic (exact) mass is 130 g/mol. The Morgan fingerprint density at radius 2 is 2.22 bits per heavy atom. The van der Waals surface area contributed by atoms with E-state index in [1.165, 1.54) is 0 Å². The van der Waals surface area contributed by atoms with Gasteiger partial charge in [0.1, 0.15) is 6.10 Å². The zero-order valence-electron chi connectivity index (χ0n) is 6.22. The summed E-state index contributed by atoms with van der Waals surface area (Å²) in [4.78, 5) is 0. The second-order valence-electron chi connectivity index (χ2n) is 2.39. The van der Waals surface area contributed by atoms with Crippen LogP contribution in [-0.2, 0) is 0 Å². The van der Waals surface area contributed by atoms with E-state index >= 15 is 0 Å². The molecule has 3 N–H and O–H groups in total. The standard InChI is InChI=1S/C7H16NO/c1-3-4-5-7(8)6(2)9/h7,9H,3-5,8H2,1-2H3. The molecule has 1 radical (unpaired) electrons. The predicted octanol–water partition coefficient (Wildman–Crippen LogP) is 1.43. The van der Waals surface area contributed by atoms with Gasteiger partial charge in [-0.25, -0.2) is 0 Å². The third-order valence-electron chi connectivity index (χ3n) is 1.41. The third-order valence-corrected chi connectivity index (χ3v) is 1.41. The van der Waals surface area contributed by atoms with Crippen molar-refractivity contribution in [1.29, 1.82) is 0 Å². The number of aliphatic hydroxyl groups excluding tert-OH is 1. The fourth-order valence-corrected chi connectivity index (χ4v) is 0.633. The molecule has 0 spiro atoms. The quantitative estimate of drug-likeness (QED) is 0.604. The summed E-state index contributed by atoms with van der Waals surface area (Å²) in [6.07, 6.45) is 3.49. The van der Waals surface area contributed by atoms with Crippen molar-refractivity contribution in [3.8, 4) is 0 Å². The molecule has 0 amide bonds. The van der Waals surface area contributed by atoms with Crippen molar-refractivity contribution in [3.63, 3.8) is 0 Å². The summed E-state index contributed by atoms with van der Waals surface area (Å²) in [6.45, 7) is 3.76. The van der Waals surface area contributed by atoms with Crippen molar-refractivity contribution in [2.24, 2.45) is 5.73 Å². The molecule has 0 heterocycles. The van der Waals surface area contributed by atoms with E-state index in [0.29, 0.717) is 6.10 Å². The maximum atomic E-state index is 8.84. The second-order valence-corrected chi connectivity index (χ2v) is 2.39. The maximum Gasteiger partial charge on any atom is 0.107 e. The molecule has 1 unspecified atom stereocenters. The Balaban J connectivity index is 3.16. The Morgan fingerprint density at radius 1 is 1.67 bits per heavy atom. The van der Waals surface area contributed by atoms with Gasteiger partial charge in [-0.05, 0) is 13.3 Å². The van der Waals surface area contributed by atoms with E-state index in [9.17, 15) is 0 Å². The Kier molecular flexibility index (Phi) is 4.72. The highest BCUT2D eigenvalue weighted by Crippen LogP contribution is 2.05. The summed E-state index contributed by atoms with van der Waals surface area (Å²) in [7, 11) is 0. The van der Waals surface area contributed by atoms with Gasteiger partial charge < -0.3 is 10.8 Å². The van der Waals surface area contributed by atoms with Crippen LogP contribution in [0.3, 0.4) is 0 Å². The first-order valence-electron chi connectivity index (χ1n) is 3.46. The highest BCUT2D eigenvalue weighted by molar-refractivity contribution is 4.82. The van der Waals surface area contributed by atoms with E-state index in [0.717, 1.165) is 19.3 Å². The van der Waals surface area contributed by atoms with Crippen molar-refractivity contribution in [2.45, 2.75) is 39.2 Å². The molecule has 55 valence electrons. The predicted molar refractivity (Wildman–Crippen MR) is 38.4 cm³/mol. The van der Waals surface area contributed by atoms with E-state index in [-0.39, 0.29) is 6.04 Å². The number of hydrogen-bond acceptors (Lipinski definition) is 2. The molecule has 0 aliphatic rings. The number of nitrogens with two attached hydrogens (primary N) is 1. The molecule has 0 aromatic carbocycles. The second kappa shape index (κ2) is 4.77. The van der Waals surface area contributed by atoms with Gasteiger partial charge >= 0.3 is 0 Å². The SMILES string of the molecule is CCCCC(N)[C](C)O. The van der Waals surface area contributed by atoms with E-state index in [2.05, 4.69) is 6.92 Å². The van der Waals surface area contributed by atoms with Crippen molar-refractivity contribution < 1.29 is 5.11 Å². The zero-order valence-corrected chi connectivity index (χ0v) is 6.22. The van der Waals surface area contributed by atoms with Crippen LogP contribution in [0.15, 0.2) is 0 Å². The minimum absolute atomic E-state index is 0.107. The molecule has 1 atom stereocenters. The highest BCUT2D eigenvalue weighted by Gasteiger charge is 2.07. The van der Waals surface area contributed by atoms with Crippen LogP contribution in [0.1, 0.15) is 33.1 Å². The van der Waals surface area contributed by atoms with Gasteiger partial charge in [-0.2, -0.15) is 0 Å². The summed E-state index contributed by atoms with van der Waals surface area (Å²) in [5.74, 6) is 0. The molecule has 0 saturated heterocycles. The molecule has 0 saturated carbocycles. The lowest BCUT2D eigenvalue weighted by Crippen LogP contribution is -2.25. The van der Waals surface area contributed by atoms with Crippen LogP contribution in [-0.4, -0.2) is 11.1 Å². The molecule has 9 heavy (non-hydrogen) atoms. The lowest BCUT2D eigenvalue weighted by Gasteiger charge is -2.11. The van der Waals surface area contributed by atoms with Crippen molar-refractivity contribution in [2.75, 3.05) is 0 Å². The molecule has 0 aromatic heterocycles. The van der Waals surface area contributed by atoms with Gasteiger partial charge in [-0.15, -0.1) is 0 Å². The molecule has 0 rings (SSSR count). The third kappa shape index (κ3) is 4.43.